The van der Waals surface area contributed by atoms with E-state index >= 15 is 0 Å². The Labute approximate surface area is 154 Å². The van der Waals surface area contributed by atoms with E-state index < -0.39 is 0 Å². The minimum atomic E-state index is -0.377. The zero-order valence-corrected chi connectivity index (χ0v) is 15.1. The third-order valence-electron chi connectivity index (χ3n) is 4.12. The number of benzene rings is 2. The molecule has 1 atom stereocenters. The molecule has 126 valence electrons. The first-order valence-electron chi connectivity index (χ1n) is 7.86. The number of thioether (sulfide) groups is 1. The summed E-state index contributed by atoms with van der Waals surface area (Å²) in [7, 11) is 0. The van der Waals surface area contributed by atoms with Crippen LogP contribution in [0.2, 0.25) is 5.02 Å². The Kier molecular flexibility index (Phi) is 4.33. The Hall–Kier alpha value is -2.15. The number of rotatable bonds is 3. The number of hydrogen-bond acceptors (Lipinski definition) is 5. The summed E-state index contributed by atoms with van der Waals surface area (Å²) in [6.07, 6.45) is 0. The van der Waals surface area contributed by atoms with Crippen LogP contribution in [0.4, 0.5) is 0 Å². The molecule has 0 aliphatic carbocycles. The van der Waals surface area contributed by atoms with Crippen molar-refractivity contribution in [2.75, 3.05) is 5.75 Å². The van der Waals surface area contributed by atoms with Crippen LogP contribution in [0.1, 0.15) is 28.6 Å². The molecule has 0 saturated heterocycles. The molecule has 0 bridgehead atoms. The molecular weight excluding hydrogens is 354 g/mol. The van der Waals surface area contributed by atoms with Crippen molar-refractivity contribution in [1.29, 1.82) is 0 Å². The molecule has 4 rings (SSSR count). The molecule has 0 spiro atoms. The summed E-state index contributed by atoms with van der Waals surface area (Å²) >= 11 is 7.74. The molecule has 2 N–H and O–H groups in total. The first-order chi connectivity index (χ1) is 12.1. The van der Waals surface area contributed by atoms with Gasteiger partial charge in [0.15, 0.2) is 5.82 Å². The lowest BCUT2D eigenvalue weighted by atomic mass is 10.1. The zero-order valence-electron chi connectivity index (χ0n) is 13.6. The molecule has 1 aliphatic heterocycles. The predicted octanol–water partition coefficient (Wildman–Crippen LogP) is 3.65. The van der Waals surface area contributed by atoms with Crippen molar-refractivity contribution in [3.63, 3.8) is 0 Å². The van der Waals surface area contributed by atoms with E-state index in [1.54, 1.807) is 16.4 Å². The summed E-state index contributed by atoms with van der Waals surface area (Å²) < 4.78 is 1.76. The van der Waals surface area contributed by atoms with E-state index in [1.807, 2.05) is 55.5 Å². The third-order valence-corrected chi connectivity index (χ3v) is 5.48. The van der Waals surface area contributed by atoms with Gasteiger partial charge in [-0.3, -0.25) is 0 Å². The van der Waals surface area contributed by atoms with Gasteiger partial charge in [-0.15, -0.1) is 10.2 Å². The van der Waals surface area contributed by atoms with Gasteiger partial charge in [0.2, 0.25) is 5.16 Å². The van der Waals surface area contributed by atoms with E-state index in [2.05, 4.69) is 10.2 Å². The number of nitrogens with two attached hydrogens (primary N) is 1. The third kappa shape index (κ3) is 3.08. The van der Waals surface area contributed by atoms with Crippen LogP contribution >= 0.6 is 23.4 Å². The van der Waals surface area contributed by atoms with Crippen molar-refractivity contribution in [1.82, 2.24) is 14.9 Å². The summed E-state index contributed by atoms with van der Waals surface area (Å²) in [6.45, 7) is 1.99. The van der Waals surface area contributed by atoms with Gasteiger partial charge in [-0.05, 0) is 35.7 Å². The van der Waals surface area contributed by atoms with Crippen molar-refractivity contribution in [3.05, 3.63) is 76.1 Å². The number of nitrogens with zero attached hydrogens (tertiary/aromatic N) is 4. The van der Waals surface area contributed by atoms with Gasteiger partial charge in [-0.2, -0.15) is 9.78 Å². The monoisotopic (exact) mass is 369 g/mol. The smallest absolute Gasteiger partial charge is 0.212 e. The predicted molar refractivity (Wildman–Crippen MR) is 101 cm³/mol. The van der Waals surface area contributed by atoms with Gasteiger partial charge >= 0.3 is 0 Å². The van der Waals surface area contributed by atoms with Crippen LogP contribution < -0.4 is 5.73 Å². The number of aromatic nitrogens is 3. The van der Waals surface area contributed by atoms with Crippen LogP contribution in [0.25, 0.3) is 0 Å². The number of hydrogen-bond donors (Lipinski definition) is 1. The highest BCUT2D eigenvalue weighted by molar-refractivity contribution is 7.99. The Morgan fingerprint density at radius 1 is 1.16 bits per heavy atom. The minimum Gasteiger partial charge on any atom is -0.318 e. The highest BCUT2D eigenvalue weighted by atomic mass is 35.5. The summed E-state index contributed by atoms with van der Waals surface area (Å²) in [5.74, 6) is 1.37. The Morgan fingerprint density at radius 3 is 2.72 bits per heavy atom. The minimum absolute atomic E-state index is 0.377. The second kappa shape index (κ2) is 6.63. The zero-order chi connectivity index (χ0) is 17.4. The number of aryl methyl sites for hydroxylation is 1. The van der Waals surface area contributed by atoms with Crippen LogP contribution in [0, 0.1) is 6.92 Å². The van der Waals surface area contributed by atoms with Crippen LogP contribution in [0.3, 0.4) is 0 Å². The van der Waals surface area contributed by atoms with Crippen molar-refractivity contribution in [2.45, 2.75) is 18.1 Å². The second-order valence-electron chi connectivity index (χ2n) is 5.84. The summed E-state index contributed by atoms with van der Waals surface area (Å²) in [4.78, 5) is 0. The van der Waals surface area contributed by atoms with E-state index in [9.17, 15) is 0 Å². The Balaban J connectivity index is 1.74. The maximum atomic E-state index is 6.39. The number of halogens is 1. The lowest BCUT2D eigenvalue weighted by molar-refractivity contribution is 0.666. The van der Waals surface area contributed by atoms with Gasteiger partial charge in [0.1, 0.15) is 0 Å². The van der Waals surface area contributed by atoms with Gasteiger partial charge in [0.05, 0.1) is 11.8 Å². The maximum absolute atomic E-state index is 6.39. The summed E-state index contributed by atoms with van der Waals surface area (Å²) in [6, 6.07) is 15.4. The van der Waals surface area contributed by atoms with E-state index in [-0.39, 0.29) is 6.04 Å². The molecule has 0 amide bonds. The first-order valence-corrected chi connectivity index (χ1v) is 9.23. The summed E-state index contributed by atoms with van der Waals surface area (Å²) in [5.41, 5.74) is 10.4. The quantitative estimate of drug-likeness (QED) is 0.765. The van der Waals surface area contributed by atoms with Crippen LogP contribution in [-0.2, 0) is 0 Å². The molecule has 7 heteroatoms. The van der Waals surface area contributed by atoms with Crippen LogP contribution in [-0.4, -0.2) is 26.3 Å². The molecule has 2 heterocycles. The first kappa shape index (κ1) is 16.3. The standard InChI is InChI=1S/C18H16ClN5S/c1-11-9-13(7-8-14(11)19)15-10-25-18-22-21-17(24(18)23-15)16(20)12-5-3-2-4-6-12/h2-9,16H,10,20H2,1H3. The Morgan fingerprint density at radius 2 is 1.96 bits per heavy atom. The maximum Gasteiger partial charge on any atom is 0.212 e. The molecule has 1 aromatic heterocycles. The van der Waals surface area contributed by atoms with E-state index in [0.29, 0.717) is 5.82 Å². The fourth-order valence-corrected chi connectivity index (χ4v) is 3.67. The molecule has 0 fully saturated rings. The molecule has 25 heavy (non-hydrogen) atoms. The molecule has 2 aromatic carbocycles. The molecule has 3 aromatic rings. The fraction of sp³-hybridized carbons (Fsp3) is 0.167. The van der Waals surface area contributed by atoms with E-state index in [0.717, 1.165) is 38.3 Å². The lowest BCUT2D eigenvalue weighted by Gasteiger charge is -2.17. The van der Waals surface area contributed by atoms with Crippen molar-refractivity contribution in [2.24, 2.45) is 10.8 Å². The van der Waals surface area contributed by atoms with Crippen molar-refractivity contribution in [3.8, 4) is 0 Å². The van der Waals surface area contributed by atoms with Gasteiger partial charge in [-0.25, -0.2) is 0 Å². The average Bonchev–Trinajstić information content (AvgIpc) is 3.07. The van der Waals surface area contributed by atoms with Crippen molar-refractivity contribution >= 4 is 29.1 Å². The normalized spacial score (nSPS) is 14.8. The SMILES string of the molecule is Cc1cc(C2=Nn3c(nnc3C(N)c3ccccc3)SC2)ccc1Cl. The van der Waals surface area contributed by atoms with Gasteiger partial charge in [-0.1, -0.05) is 59.8 Å². The van der Waals surface area contributed by atoms with Gasteiger partial charge in [0, 0.05) is 10.8 Å². The van der Waals surface area contributed by atoms with Crippen LogP contribution in [0.15, 0.2) is 58.8 Å². The molecule has 1 unspecified atom stereocenters. The second-order valence-corrected chi connectivity index (χ2v) is 7.19. The fourth-order valence-electron chi connectivity index (χ4n) is 2.71. The average molecular weight is 370 g/mol. The van der Waals surface area contributed by atoms with E-state index in [4.69, 9.17) is 22.4 Å². The summed E-state index contributed by atoms with van der Waals surface area (Å²) in [5, 5.41) is 14.8. The highest BCUT2D eigenvalue weighted by Gasteiger charge is 2.24. The number of fused-ring (bicyclic) bond motifs is 1. The lowest BCUT2D eigenvalue weighted by Crippen LogP contribution is -2.20. The van der Waals surface area contributed by atoms with Gasteiger partial charge < -0.3 is 5.73 Å². The molecule has 0 saturated carbocycles. The largest absolute Gasteiger partial charge is 0.318 e. The van der Waals surface area contributed by atoms with Crippen LogP contribution in [0.5, 0.6) is 0 Å². The highest BCUT2D eigenvalue weighted by Crippen LogP contribution is 2.28. The molecule has 1 aliphatic rings. The van der Waals surface area contributed by atoms with Crippen molar-refractivity contribution < 1.29 is 0 Å². The van der Waals surface area contributed by atoms with E-state index in [1.165, 1.54) is 0 Å². The molecule has 5 nitrogen and oxygen atoms in total. The van der Waals surface area contributed by atoms with Gasteiger partial charge in [0.25, 0.3) is 0 Å². The topological polar surface area (TPSA) is 69.1 Å². The molecule has 0 radical (unpaired) electrons. The molecular formula is C18H16ClN5S. The Bertz CT molecular complexity index is 951.